The number of nitrogens with one attached hydrogen (secondary N) is 1. The van der Waals surface area contributed by atoms with Gasteiger partial charge in [0, 0.05) is 81.1 Å². The second-order valence-corrected chi connectivity index (χ2v) is 12.0. The van der Waals surface area contributed by atoms with Gasteiger partial charge in [0.25, 0.3) is 11.6 Å². The summed E-state index contributed by atoms with van der Waals surface area (Å²) in [5.74, 6) is 1.40. The predicted octanol–water partition coefficient (Wildman–Crippen LogP) is 5.18. The summed E-state index contributed by atoms with van der Waals surface area (Å²) in [7, 11) is 7.56. The van der Waals surface area contributed by atoms with E-state index in [4.69, 9.17) is 14.1 Å². The molecule has 2 fully saturated rings. The zero-order valence-corrected chi connectivity index (χ0v) is 25.2. The van der Waals surface area contributed by atoms with Gasteiger partial charge in [-0.25, -0.2) is 9.97 Å². The number of likely N-dealkylation sites (tertiary alicyclic amines) is 1. The van der Waals surface area contributed by atoms with Crippen molar-refractivity contribution in [3.8, 4) is 28.5 Å². The van der Waals surface area contributed by atoms with Gasteiger partial charge < -0.3 is 28.8 Å². The smallest absolute Gasteiger partial charge is 0.294 e. The van der Waals surface area contributed by atoms with Crippen LogP contribution >= 0.6 is 0 Å². The molecule has 1 saturated carbocycles. The number of fused-ring (bicyclic) bond motifs is 1. The highest BCUT2D eigenvalue weighted by Gasteiger charge is 2.52. The molecule has 0 unspecified atom stereocenters. The molecule has 3 aromatic heterocycles. The Morgan fingerprint density at radius 3 is 2.61 bits per heavy atom. The summed E-state index contributed by atoms with van der Waals surface area (Å²) in [6, 6.07) is 11.5. The molecule has 1 N–H and O–H groups in total. The molecule has 0 bridgehead atoms. The average Bonchev–Trinajstić information content (AvgIpc) is 3.56. The monoisotopic (exact) mass is 595 g/mol. The average molecular weight is 596 g/mol. The Balaban J connectivity index is 1.26. The first kappa shape index (κ1) is 27.8. The van der Waals surface area contributed by atoms with Crippen LogP contribution in [0.1, 0.15) is 18.7 Å². The van der Waals surface area contributed by atoms with Crippen LogP contribution in [0.15, 0.2) is 53.2 Å². The van der Waals surface area contributed by atoms with E-state index in [2.05, 4.69) is 32.4 Å². The maximum atomic E-state index is 12.3. The summed E-state index contributed by atoms with van der Waals surface area (Å²) in [6.45, 7) is 3.88. The number of ether oxygens (including phenoxy) is 1. The highest BCUT2D eigenvalue weighted by atomic mass is 16.6. The number of hydrogen-bond acceptors (Lipinski definition) is 11. The van der Waals surface area contributed by atoms with Gasteiger partial charge in [0.15, 0.2) is 0 Å². The topological polar surface area (TPSA) is 141 Å². The highest BCUT2D eigenvalue weighted by molar-refractivity contribution is 5.98. The predicted molar refractivity (Wildman–Crippen MR) is 166 cm³/mol. The molecule has 0 amide bonds. The Morgan fingerprint density at radius 1 is 1.16 bits per heavy atom. The van der Waals surface area contributed by atoms with E-state index in [1.807, 2.05) is 54.0 Å². The maximum Gasteiger partial charge on any atom is 0.294 e. The van der Waals surface area contributed by atoms with Gasteiger partial charge in [0.1, 0.15) is 11.4 Å². The zero-order chi connectivity index (χ0) is 30.7. The Hall–Kier alpha value is -5.04. The molecule has 0 radical (unpaired) electrons. The van der Waals surface area contributed by atoms with Gasteiger partial charge in [-0.1, -0.05) is 18.2 Å². The van der Waals surface area contributed by atoms with Crippen LogP contribution in [0, 0.1) is 22.5 Å². The number of aromatic nitrogens is 5. The summed E-state index contributed by atoms with van der Waals surface area (Å²) < 4.78 is 13.5. The lowest BCUT2D eigenvalue weighted by molar-refractivity contribution is -0.384. The molecule has 5 aromatic rings. The fraction of sp³-hybridized carbons (Fsp3) is 0.355. The van der Waals surface area contributed by atoms with Crippen LogP contribution in [-0.2, 0) is 7.05 Å². The lowest BCUT2D eigenvalue weighted by atomic mass is 9.60. The zero-order valence-electron chi connectivity index (χ0n) is 25.2. The molecule has 13 nitrogen and oxygen atoms in total. The number of nitro groups is 1. The van der Waals surface area contributed by atoms with Gasteiger partial charge in [0.05, 0.1) is 29.0 Å². The molecule has 1 aliphatic heterocycles. The fourth-order valence-electron chi connectivity index (χ4n) is 6.88. The lowest BCUT2D eigenvalue weighted by Gasteiger charge is -2.60. The number of nitro benzene ring substituents is 1. The Morgan fingerprint density at radius 2 is 1.93 bits per heavy atom. The van der Waals surface area contributed by atoms with Gasteiger partial charge in [-0.15, -0.1) is 10.2 Å². The van der Waals surface area contributed by atoms with E-state index in [0.717, 1.165) is 42.4 Å². The standard InChI is InChI=1S/C31H33N9O4/c1-18-35-36-29(44-18)21-14-32-30(34-28(21)22-15-38(3)24-9-7-6-8-20(22)24)33-23-10-26(40(41)42)25(11-27(23)43-5)39(4)19-12-31(13-19)16-37(2)17-31/h6-11,14-15,19H,12-13,16-17H2,1-5H3,(H,32,33,34). The number of nitrogens with zero attached hydrogens (tertiary/aromatic N) is 8. The second kappa shape index (κ2) is 10.3. The summed E-state index contributed by atoms with van der Waals surface area (Å²) in [5, 5.41) is 24.7. The van der Waals surface area contributed by atoms with Crippen LogP contribution in [0.4, 0.5) is 23.0 Å². The van der Waals surface area contributed by atoms with Crippen LogP contribution in [-0.4, -0.2) is 74.9 Å². The number of rotatable bonds is 8. The van der Waals surface area contributed by atoms with E-state index < -0.39 is 0 Å². The molecule has 226 valence electrons. The van der Waals surface area contributed by atoms with Crippen molar-refractivity contribution < 1.29 is 14.1 Å². The Kier molecular flexibility index (Phi) is 6.50. The van der Waals surface area contributed by atoms with Crippen molar-refractivity contribution in [1.29, 1.82) is 0 Å². The Bertz CT molecular complexity index is 1900. The molecule has 1 saturated heterocycles. The molecule has 0 atom stereocenters. The third kappa shape index (κ3) is 4.60. The molecule has 1 aliphatic carbocycles. The molecular formula is C31H33N9O4. The quantitative estimate of drug-likeness (QED) is 0.187. The van der Waals surface area contributed by atoms with Crippen molar-refractivity contribution in [2.24, 2.45) is 12.5 Å². The highest BCUT2D eigenvalue weighted by Crippen LogP contribution is 2.51. The van der Waals surface area contributed by atoms with Gasteiger partial charge in [-0.2, -0.15) is 0 Å². The third-order valence-electron chi connectivity index (χ3n) is 8.91. The molecule has 44 heavy (non-hydrogen) atoms. The first-order valence-electron chi connectivity index (χ1n) is 14.4. The van der Waals surface area contributed by atoms with E-state index in [1.165, 1.54) is 6.07 Å². The van der Waals surface area contributed by atoms with E-state index >= 15 is 0 Å². The minimum Gasteiger partial charge on any atom is -0.494 e. The first-order valence-corrected chi connectivity index (χ1v) is 14.4. The minimum absolute atomic E-state index is 0.0188. The number of anilines is 3. The van der Waals surface area contributed by atoms with E-state index in [0.29, 0.717) is 45.6 Å². The van der Waals surface area contributed by atoms with Gasteiger partial charge in [-0.3, -0.25) is 10.1 Å². The number of hydrogen-bond donors (Lipinski definition) is 1. The van der Waals surface area contributed by atoms with Crippen molar-refractivity contribution >= 4 is 33.9 Å². The molecule has 1 spiro atoms. The van der Waals surface area contributed by atoms with Crippen molar-refractivity contribution in [3.05, 3.63) is 64.8 Å². The van der Waals surface area contributed by atoms with Gasteiger partial charge in [-0.05, 0) is 31.4 Å². The van der Waals surface area contributed by atoms with Gasteiger partial charge in [0.2, 0.25) is 11.8 Å². The van der Waals surface area contributed by atoms with Crippen LogP contribution in [0.3, 0.4) is 0 Å². The fourth-order valence-corrected chi connectivity index (χ4v) is 6.88. The van der Waals surface area contributed by atoms with E-state index in [-0.39, 0.29) is 22.6 Å². The Labute approximate surface area is 253 Å². The van der Waals surface area contributed by atoms with E-state index in [1.54, 1.807) is 26.3 Å². The van der Waals surface area contributed by atoms with Crippen molar-refractivity contribution in [3.63, 3.8) is 0 Å². The maximum absolute atomic E-state index is 12.3. The molecule has 2 aliphatic rings. The van der Waals surface area contributed by atoms with Crippen molar-refractivity contribution in [2.75, 3.05) is 44.5 Å². The van der Waals surface area contributed by atoms with Crippen molar-refractivity contribution in [2.45, 2.75) is 25.8 Å². The summed E-state index contributed by atoms with van der Waals surface area (Å²) in [5.41, 5.74) is 4.25. The van der Waals surface area contributed by atoms with Crippen LogP contribution in [0.25, 0.3) is 33.6 Å². The number of para-hydroxylation sites is 1. The molecule has 2 aromatic carbocycles. The molecule has 13 heteroatoms. The largest absolute Gasteiger partial charge is 0.494 e. The normalized spacial score (nSPS) is 16.1. The summed E-state index contributed by atoms with van der Waals surface area (Å²) in [6.07, 6.45) is 5.65. The van der Waals surface area contributed by atoms with Crippen LogP contribution < -0.4 is 15.0 Å². The van der Waals surface area contributed by atoms with Gasteiger partial charge >= 0.3 is 0 Å². The molecular weight excluding hydrogens is 562 g/mol. The summed E-state index contributed by atoms with van der Waals surface area (Å²) in [4.78, 5) is 25.7. The number of methoxy groups -OCH3 is 1. The van der Waals surface area contributed by atoms with Crippen LogP contribution in [0.2, 0.25) is 0 Å². The minimum atomic E-state index is -0.356. The van der Waals surface area contributed by atoms with Crippen molar-refractivity contribution in [1.82, 2.24) is 29.6 Å². The number of benzene rings is 2. The number of aryl methyl sites for hydroxylation is 2. The van der Waals surface area contributed by atoms with Crippen LogP contribution in [0.5, 0.6) is 5.75 Å². The first-order chi connectivity index (χ1) is 21.1. The summed E-state index contributed by atoms with van der Waals surface area (Å²) >= 11 is 0. The lowest BCUT2D eigenvalue weighted by Crippen LogP contribution is -2.65. The van der Waals surface area contributed by atoms with E-state index in [9.17, 15) is 10.1 Å². The third-order valence-corrected chi connectivity index (χ3v) is 8.91. The SMILES string of the molecule is COc1cc(N(C)C2CC3(C2)CN(C)C3)c([N+](=O)[O-])cc1Nc1ncc(-c2nnc(C)o2)c(-c2cn(C)c3ccccc23)n1. The molecule has 4 heterocycles. The second-order valence-electron chi connectivity index (χ2n) is 12.0. The molecule has 7 rings (SSSR count).